The summed E-state index contributed by atoms with van der Waals surface area (Å²) in [5, 5.41) is 0. The molecule has 88 valence electrons. The van der Waals surface area contributed by atoms with E-state index in [9.17, 15) is 0 Å². The number of hydrogen-bond donors (Lipinski definition) is 1. The molecular weight excluding hydrogens is 200 g/mol. The summed E-state index contributed by atoms with van der Waals surface area (Å²) in [4.78, 5) is 10.8. The van der Waals surface area contributed by atoms with Crippen LogP contribution < -0.4 is 5.73 Å². The number of nitrogen functional groups attached to an aromatic ring is 1. The summed E-state index contributed by atoms with van der Waals surface area (Å²) < 4.78 is 0. The quantitative estimate of drug-likeness (QED) is 0.821. The summed E-state index contributed by atoms with van der Waals surface area (Å²) in [5.74, 6) is 2.06. The fraction of sp³-hybridized carbons (Fsp3) is 0.667. The maximum absolute atomic E-state index is 5.52. The molecule has 0 aliphatic carbocycles. The SMILES string of the molecule is CC1CC(C)CN(Cc2cnc(N)cn2)C1. The molecule has 2 heterocycles. The van der Waals surface area contributed by atoms with Gasteiger partial charge in [0.1, 0.15) is 5.82 Å². The highest BCUT2D eigenvalue weighted by molar-refractivity contribution is 5.22. The molecule has 2 unspecified atom stereocenters. The van der Waals surface area contributed by atoms with E-state index in [0.29, 0.717) is 5.82 Å². The molecule has 1 saturated heterocycles. The second-order valence-corrected chi connectivity index (χ2v) is 5.07. The highest BCUT2D eigenvalue weighted by Crippen LogP contribution is 2.21. The van der Waals surface area contributed by atoms with Crippen LogP contribution in [0, 0.1) is 11.8 Å². The van der Waals surface area contributed by atoms with Gasteiger partial charge in [0.25, 0.3) is 0 Å². The Balaban J connectivity index is 1.96. The molecule has 16 heavy (non-hydrogen) atoms. The van der Waals surface area contributed by atoms with Crippen molar-refractivity contribution in [3.63, 3.8) is 0 Å². The smallest absolute Gasteiger partial charge is 0.141 e. The second-order valence-electron chi connectivity index (χ2n) is 5.07. The van der Waals surface area contributed by atoms with E-state index in [1.54, 1.807) is 12.4 Å². The third-order valence-electron chi connectivity index (χ3n) is 3.06. The van der Waals surface area contributed by atoms with Crippen LogP contribution in [0.15, 0.2) is 12.4 Å². The summed E-state index contributed by atoms with van der Waals surface area (Å²) >= 11 is 0. The summed E-state index contributed by atoms with van der Waals surface area (Å²) in [5.41, 5.74) is 6.53. The first-order chi connectivity index (χ1) is 7.63. The molecule has 2 rings (SSSR count). The van der Waals surface area contributed by atoms with E-state index in [4.69, 9.17) is 5.73 Å². The molecule has 1 aliphatic rings. The third-order valence-corrected chi connectivity index (χ3v) is 3.06. The van der Waals surface area contributed by atoms with Crippen molar-refractivity contribution in [2.75, 3.05) is 18.8 Å². The molecule has 4 nitrogen and oxygen atoms in total. The van der Waals surface area contributed by atoms with Crippen LogP contribution in [0.4, 0.5) is 5.82 Å². The van der Waals surface area contributed by atoms with Crippen molar-refractivity contribution in [3.05, 3.63) is 18.1 Å². The normalized spacial score (nSPS) is 26.9. The monoisotopic (exact) mass is 220 g/mol. The van der Waals surface area contributed by atoms with Gasteiger partial charge in [-0.1, -0.05) is 13.8 Å². The third kappa shape index (κ3) is 2.92. The fourth-order valence-corrected chi connectivity index (χ4v) is 2.60. The van der Waals surface area contributed by atoms with Gasteiger partial charge in [0.05, 0.1) is 18.1 Å². The van der Waals surface area contributed by atoms with Crippen molar-refractivity contribution in [1.29, 1.82) is 0 Å². The van der Waals surface area contributed by atoms with Gasteiger partial charge in [0, 0.05) is 19.6 Å². The zero-order valence-corrected chi connectivity index (χ0v) is 10.1. The minimum absolute atomic E-state index is 0.490. The van der Waals surface area contributed by atoms with Crippen LogP contribution in [0.5, 0.6) is 0 Å². The molecule has 0 amide bonds. The highest BCUT2D eigenvalue weighted by Gasteiger charge is 2.21. The maximum Gasteiger partial charge on any atom is 0.141 e. The van der Waals surface area contributed by atoms with Crippen molar-refractivity contribution in [1.82, 2.24) is 14.9 Å². The molecule has 0 saturated carbocycles. The second kappa shape index (κ2) is 4.78. The first-order valence-electron chi connectivity index (χ1n) is 5.92. The Morgan fingerprint density at radius 1 is 1.25 bits per heavy atom. The number of rotatable bonds is 2. The van der Waals surface area contributed by atoms with Gasteiger partial charge in [-0.15, -0.1) is 0 Å². The molecule has 0 bridgehead atoms. The van der Waals surface area contributed by atoms with Crippen LogP contribution >= 0.6 is 0 Å². The van der Waals surface area contributed by atoms with Crippen LogP contribution in [-0.4, -0.2) is 28.0 Å². The summed E-state index contributed by atoms with van der Waals surface area (Å²) in [7, 11) is 0. The van der Waals surface area contributed by atoms with E-state index >= 15 is 0 Å². The average molecular weight is 220 g/mol. The van der Waals surface area contributed by atoms with Gasteiger partial charge in [-0.05, 0) is 18.3 Å². The predicted molar refractivity (Wildman–Crippen MR) is 64.7 cm³/mol. The Labute approximate surface area is 96.9 Å². The molecule has 1 aromatic heterocycles. The zero-order valence-electron chi connectivity index (χ0n) is 10.1. The van der Waals surface area contributed by atoms with Crippen LogP contribution in [-0.2, 0) is 6.54 Å². The van der Waals surface area contributed by atoms with Crippen molar-refractivity contribution in [2.45, 2.75) is 26.8 Å². The number of nitrogens with zero attached hydrogens (tertiary/aromatic N) is 3. The molecular formula is C12H20N4. The Morgan fingerprint density at radius 3 is 2.50 bits per heavy atom. The summed E-state index contributed by atoms with van der Waals surface area (Å²) in [6.45, 7) is 7.85. The minimum Gasteiger partial charge on any atom is -0.382 e. The number of hydrogen-bond acceptors (Lipinski definition) is 4. The lowest BCUT2D eigenvalue weighted by Gasteiger charge is -2.34. The molecule has 0 radical (unpaired) electrons. The van der Waals surface area contributed by atoms with Crippen molar-refractivity contribution in [2.24, 2.45) is 11.8 Å². The van der Waals surface area contributed by atoms with Gasteiger partial charge in [-0.3, -0.25) is 9.88 Å². The Bertz CT molecular complexity index is 325. The lowest BCUT2D eigenvalue weighted by Crippen LogP contribution is -2.38. The van der Waals surface area contributed by atoms with E-state index in [1.165, 1.54) is 6.42 Å². The van der Waals surface area contributed by atoms with E-state index in [2.05, 4.69) is 28.7 Å². The molecule has 1 fully saturated rings. The van der Waals surface area contributed by atoms with Gasteiger partial charge in [0.15, 0.2) is 0 Å². The molecule has 2 atom stereocenters. The predicted octanol–water partition coefficient (Wildman–Crippen LogP) is 1.54. The maximum atomic E-state index is 5.52. The van der Waals surface area contributed by atoms with Gasteiger partial charge >= 0.3 is 0 Å². The highest BCUT2D eigenvalue weighted by atomic mass is 15.1. The van der Waals surface area contributed by atoms with E-state index in [-0.39, 0.29) is 0 Å². The zero-order chi connectivity index (χ0) is 11.5. The van der Waals surface area contributed by atoms with Gasteiger partial charge < -0.3 is 5.73 Å². The standard InChI is InChI=1S/C12H20N4/c1-9-3-10(2)7-16(6-9)8-11-4-15-12(13)5-14-11/h4-5,9-10H,3,6-8H2,1-2H3,(H2,13,15). The average Bonchev–Trinajstić information content (AvgIpc) is 2.20. The first-order valence-corrected chi connectivity index (χ1v) is 5.92. The van der Waals surface area contributed by atoms with Crippen LogP contribution in [0.3, 0.4) is 0 Å². The molecule has 0 aromatic carbocycles. The Morgan fingerprint density at radius 2 is 1.94 bits per heavy atom. The van der Waals surface area contributed by atoms with Gasteiger partial charge in [-0.2, -0.15) is 0 Å². The van der Waals surface area contributed by atoms with Crippen LogP contribution in [0.1, 0.15) is 26.0 Å². The van der Waals surface area contributed by atoms with E-state index in [1.807, 2.05) is 0 Å². The molecule has 1 aliphatic heterocycles. The number of anilines is 1. The number of likely N-dealkylation sites (tertiary alicyclic amines) is 1. The van der Waals surface area contributed by atoms with Gasteiger partial charge in [-0.25, -0.2) is 4.98 Å². The summed E-state index contributed by atoms with van der Waals surface area (Å²) in [6, 6.07) is 0. The van der Waals surface area contributed by atoms with E-state index < -0.39 is 0 Å². The van der Waals surface area contributed by atoms with Gasteiger partial charge in [0.2, 0.25) is 0 Å². The van der Waals surface area contributed by atoms with Crippen molar-refractivity contribution < 1.29 is 0 Å². The topological polar surface area (TPSA) is 55.0 Å². The molecule has 2 N–H and O–H groups in total. The number of nitrogens with two attached hydrogens (primary N) is 1. The fourth-order valence-electron chi connectivity index (χ4n) is 2.60. The molecule has 4 heteroatoms. The number of aromatic nitrogens is 2. The Kier molecular flexibility index (Phi) is 3.39. The molecule has 0 spiro atoms. The largest absolute Gasteiger partial charge is 0.382 e. The Hall–Kier alpha value is -1.16. The minimum atomic E-state index is 0.490. The molecule has 1 aromatic rings. The van der Waals surface area contributed by atoms with E-state index in [0.717, 1.165) is 37.2 Å². The van der Waals surface area contributed by atoms with Crippen molar-refractivity contribution in [3.8, 4) is 0 Å². The van der Waals surface area contributed by atoms with Crippen LogP contribution in [0.2, 0.25) is 0 Å². The lowest BCUT2D eigenvalue weighted by atomic mass is 9.92. The van der Waals surface area contributed by atoms with Crippen molar-refractivity contribution >= 4 is 5.82 Å². The lowest BCUT2D eigenvalue weighted by molar-refractivity contribution is 0.133. The number of piperidine rings is 1. The first kappa shape index (κ1) is 11.3. The van der Waals surface area contributed by atoms with Crippen LogP contribution in [0.25, 0.3) is 0 Å². The summed E-state index contributed by atoms with van der Waals surface area (Å²) in [6.07, 6.45) is 4.75.